The summed E-state index contributed by atoms with van der Waals surface area (Å²) in [6.07, 6.45) is 4.37. The van der Waals surface area contributed by atoms with Crippen molar-refractivity contribution in [3.8, 4) is 0 Å². The van der Waals surface area contributed by atoms with Crippen LogP contribution in [-0.2, 0) is 14.3 Å². The molecule has 0 saturated heterocycles. The average molecular weight is 360 g/mol. The summed E-state index contributed by atoms with van der Waals surface area (Å²) in [6, 6.07) is 6.41. The first-order valence-electron chi connectivity index (χ1n) is 9.20. The number of benzene rings is 1. The maximum absolute atomic E-state index is 12.2. The minimum atomic E-state index is -0.829. The van der Waals surface area contributed by atoms with Gasteiger partial charge in [-0.25, -0.2) is 4.79 Å². The molecule has 0 radical (unpaired) electrons. The Morgan fingerprint density at radius 2 is 1.96 bits per heavy atom. The maximum Gasteiger partial charge on any atom is 0.328 e. The molecule has 0 spiro atoms. The van der Waals surface area contributed by atoms with Gasteiger partial charge in [0.05, 0.1) is 0 Å². The number of hydrogen-bond donors (Lipinski definition) is 2. The summed E-state index contributed by atoms with van der Waals surface area (Å²) in [7, 11) is 0. The molecule has 142 valence electrons. The lowest BCUT2D eigenvalue weighted by Gasteiger charge is -2.29. The minimum absolute atomic E-state index is 0.147. The summed E-state index contributed by atoms with van der Waals surface area (Å²) >= 11 is 0. The molecule has 3 atom stereocenters. The average Bonchev–Trinajstić information content (AvgIpc) is 2.61. The van der Waals surface area contributed by atoms with Gasteiger partial charge in [-0.05, 0) is 44.7 Å². The molecule has 2 N–H and O–H groups in total. The smallest absolute Gasteiger partial charge is 0.328 e. The van der Waals surface area contributed by atoms with Crippen molar-refractivity contribution in [2.75, 3.05) is 6.61 Å². The molecular formula is C20H28N2O4. The van der Waals surface area contributed by atoms with E-state index in [-0.39, 0.29) is 24.5 Å². The molecule has 6 nitrogen and oxygen atoms in total. The predicted octanol–water partition coefficient (Wildman–Crippen LogP) is 2.35. The molecule has 0 heterocycles. The minimum Gasteiger partial charge on any atom is -0.454 e. The molecule has 0 unspecified atom stereocenters. The third-order valence-electron chi connectivity index (χ3n) is 4.78. The molecule has 1 aliphatic carbocycles. The Balaban J connectivity index is 1.76. The van der Waals surface area contributed by atoms with Gasteiger partial charge in [0.2, 0.25) is 0 Å². The van der Waals surface area contributed by atoms with Crippen LogP contribution in [0.15, 0.2) is 24.3 Å². The van der Waals surface area contributed by atoms with Crippen LogP contribution in [0.5, 0.6) is 0 Å². The van der Waals surface area contributed by atoms with Crippen LogP contribution in [0.4, 0.5) is 0 Å². The lowest BCUT2D eigenvalue weighted by Crippen LogP contribution is -2.44. The Bertz CT molecular complexity index is 659. The van der Waals surface area contributed by atoms with Crippen LogP contribution in [0.25, 0.3) is 0 Å². The summed E-state index contributed by atoms with van der Waals surface area (Å²) in [6.45, 7) is 5.23. The van der Waals surface area contributed by atoms with Gasteiger partial charge in [0.25, 0.3) is 11.8 Å². The first-order valence-corrected chi connectivity index (χ1v) is 9.20. The third-order valence-corrected chi connectivity index (χ3v) is 4.78. The quantitative estimate of drug-likeness (QED) is 0.763. The van der Waals surface area contributed by atoms with E-state index >= 15 is 0 Å². The number of amides is 2. The molecule has 1 saturated carbocycles. The highest BCUT2D eigenvalue weighted by atomic mass is 16.5. The Morgan fingerprint density at radius 3 is 2.65 bits per heavy atom. The number of carbonyl (C=O) groups is 3. The lowest BCUT2D eigenvalue weighted by molar-refractivity contribution is -0.150. The van der Waals surface area contributed by atoms with Gasteiger partial charge in [0.15, 0.2) is 6.61 Å². The molecule has 6 heteroatoms. The Kier molecular flexibility index (Phi) is 7.18. The number of nitrogens with one attached hydrogen (secondary N) is 2. The van der Waals surface area contributed by atoms with Gasteiger partial charge in [-0.3, -0.25) is 9.59 Å². The van der Waals surface area contributed by atoms with Crippen molar-refractivity contribution < 1.29 is 19.1 Å². The van der Waals surface area contributed by atoms with Crippen molar-refractivity contribution >= 4 is 17.8 Å². The zero-order chi connectivity index (χ0) is 19.1. The number of ether oxygens (including phenoxy) is 1. The van der Waals surface area contributed by atoms with Crippen LogP contribution in [0.3, 0.4) is 0 Å². The lowest BCUT2D eigenvalue weighted by atomic mass is 9.86. The summed E-state index contributed by atoms with van der Waals surface area (Å²) in [5, 5.41) is 5.52. The second-order valence-corrected chi connectivity index (χ2v) is 7.11. The second-order valence-electron chi connectivity index (χ2n) is 7.11. The molecule has 1 fully saturated rings. The van der Waals surface area contributed by atoms with Crippen molar-refractivity contribution in [2.24, 2.45) is 5.92 Å². The Morgan fingerprint density at radius 1 is 1.23 bits per heavy atom. The maximum atomic E-state index is 12.2. The van der Waals surface area contributed by atoms with Gasteiger partial charge in [-0.2, -0.15) is 0 Å². The van der Waals surface area contributed by atoms with Gasteiger partial charge in [-0.15, -0.1) is 0 Å². The largest absolute Gasteiger partial charge is 0.454 e. The van der Waals surface area contributed by atoms with E-state index in [2.05, 4.69) is 17.6 Å². The monoisotopic (exact) mass is 360 g/mol. The molecule has 26 heavy (non-hydrogen) atoms. The van der Waals surface area contributed by atoms with Crippen LogP contribution in [-0.4, -0.2) is 36.5 Å². The van der Waals surface area contributed by atoms with E-state index < -0.39 is 12.0 Å². The molecule has 2 amide bonds. The number of hydrogen-bond acceptors (Lipinski definition) is 4. The first-order chi connectivity index (χ1) is 12.4. The number of carbonyl (C=O) groups excluding carboxylic acids is 3. The Hall–Kier alpha value is -2.37. The molecular weight excluding hydrogens is 332 g/mol. The number of rotatable bonds is 6. The van der Waals surface area contributed by atoms with Crippen molar-refractivity contribution in [3.63, 3.8) is 0 Å². The van der Waals surface area contributed by atoms with E-state index in [0.29, 0.717) is 11.5 Å². The third kappa shape index (κ3) is 5.86. The molecule has 2 rings (SSSR count). The zero-order valence-corrected chi connectivity index (χ0v) is 15.7. The first kappa shape index (κ1) is 19.9. The molecule has 0 aromatic heterocycles. The number of esters is 1. The van der Waals surface area contributed by atoms with Crippen LogP contribution in [0.1, 0.15) is 55.5 Å². The topological polar surface area (TPSA) is 84.5 Å². The molecule has 0 bridgehead atoms. The van der Waals surface area contributed by atoms with Crippen molar-refractivity contribution in [1.82, 2.24) is 10.6 Å². The van der Waals surface area contributed by atoms with Crippen molar-refractivity contribution in [3.05, 3.63) is 35.4 Å². The molecule has 0 aliphatic heterocycles. The van der Waals surface area contributed by atoms with Crippen LogP contribution in [0, 0.1) is 12.8 Å². The number of aryl methyl sites for hydroxylation is 1. The molecule has 1 aromatic carbocycles. The fourth-order valence-corrected chi connectivity index (χ4v) is 3.17. The van der Waals surface area contributed by atoms with E-state index in [1.165, 1.54) is 13.3 Å². The van der Waals surface area contributed by atoms with Gasteiger partial charge in [-0.1, -0.05) is 37.5 Å². The molecule has 1 aromatic rings. The van der Waals surface area contributed by atoms with Gasteiger partial charge < -0.3 is 15.4 Å². The van der Waals surface area contributed by atoms with Crippen molar-refractivity contribution in [2.45, 2.75) is 58.5 Å². The normalized spacial score (nSPS) is 20.7. The van der Waals surface area contributed by atoms with Gasteiger partial charge in [0, 0.05) is 11.6 Å². The van der Waals surface area contributed by atoms with Crippen LogP contribution in [0.2, 0.25) is 0 Å². The van der Waals surface area contributed by atoms with E-state index in [9.17, 15) is 14.4 Å². The summed E-state index contributed by atoms with van der Waals surface area (Å²) in [5.74, 6) is -0.832. The SMILES string of the molecule is Cc1cccc(C(=O)N[C@@H](C)C(=O)OCC(=O)N[C@H]2CCCC[C@H]2C)c1. The van der Waals surface area contributed by atoms with Crippen molar-refractivity contribution in [1.29, 1.82) is 0 Å². The Labute approximate surface area is 154 Å². The predicted molar refractivity (Wildman–Crippen MR) is 98.6 cm³/mol. The fourth-order valence-electron chi connectivity index (χ4n) is 3.17. The van der Waals surface area contributed by atoms with Gasteiger partial charge >= 0.3 is 5.97 Å². The standard InChI is InChI=1S/C20H28N2O4/c1-13-7-6-9-16(11-13)19(24)21-15(3)20(25)26-12-18(23)22-17-10-5-4-8-14(17)2/h6-7,9,11,14-15,17H,4-5,8,10,12H2,1-3H3,(H,21,24)(H,22,23)/t14-,15+,17+/m1/s1. The zero-order valence-electron chi connectivity index (χ0n) is 15.7. The summed E-state index contributed by atoms with van der Waals surface area (Å²) in [5.41, 5.74) is 1.44. The van der Waals surface area contributed by atoms with Crippen LogP contribution < -0.4 is 10.6 Å². The highest BCUT2D eigenvalue weighted by molar-refractivity contribution is 5.97. The van der Waals surface area contributed by atoms with E-state index in [1.807, 2.05) is 13.0 Å². The summed E-state index contributed by atoms with van der Waals surface area (Å²) < 4.78 is 5.04. The van der Waals surface area contributed by atoms with E-state index in [4.69, 9.17) is 4.74 Å². The summed E-state index contributed by atoms with van der Waals surface area (Å²) in [4.78, 5) is 36.2. The van der Waals surface area contributed by atoms with E-state index in [1.54, 1.807) is 18.2 Å². The van der Waals surface area contributed by atoms with Crippen LogP contribution >= 0.6 is 0 Å². The van der Waals surface area contributed by atoms with Gasteiger partial charge in [0.1, 0.15) is 6.04 Å². The highest BCUT2D eigenvalue weighted by Gasteiger charge is 2.24. The molecule has 1 aliphatic rings. The van der Waals surface area contributed by atoms with E-state index in [0.717, 1.165) is 24.8 Å². The fraction of sp³-hybridized carbons (Fsp3) is 0.550. The highest BCUT2D eigenvalue weighted by Crippen LogP contribution is 2.23. The second kappa shape index (κ2) is 9.36.